The Kier molecular flexibility index (Phi) is 9.76. The summed E-state index contributed by atoms with van der Waals surface area (Å²) in [6, 6.07) is 13.7. The zero-order valence-electron chi connectivity index (χ0n) is 30.0. The standard InChI is InChI=1S/C35H43N9O6Si/c1-9-25-26(50-51(7,8)35(4,5)6)18-27(48-25)43-19-36-28-29(38-31(45)20(2)3)39-34(40-30(28)43)37-23-17-22(15-16-24(23)44(46)47)33-42-41-32(49-33)21-13-11-10-12-14-21/h10-17,19-20,25-27H,9,18H2,1-8H3,(H2,37,38,39,40,45)/t25-,26?,27-/m1/s1. The zero-order chi connectivity index (χ0) is 36.7. The quantitative estimate of drug-likeness (QED) is 0.0767. The van der Waals surface area contributed by atoms with E-state index in [1.807, 2.05) is 30.3 Å². The molecule has 1 fully saturated rings. The van der Waals surface area contributed by atoms with Crippen LogP contribution in [0.25, 0.3) is 34.1 Å². The molecule has 4 heterocycles. The number of nitro groups is 1. The first-order chi connectivity index (χ1) is 24.1. The van der Waals surface area contributed by atoms with Gasteiger partial charge in [0.25, 0.3) is 5.69 Å². The maximum absolute atomic E-state index is 12.9. The molecule has 2 aromatic carbocycles. The normalized spacial score (nSPS) is 18.0. The Hall–Kier alpha value is -5.06. The number of carbonyl (C=O) groups is 1. The number of aromatic nitrogens is 6. The van der Waals surface area contributed by atoms with Gasteiger partial charge < -0.3 is 24.2 Å². The maximum Gasteiger partial charge on any atom is 0.292 e. The largest absolute Gasteiger partial charge is 0.416 e. The van der Waals surface area contributed by atoms with Crippen molar-refractivity contribution in [3.8, 4) is 22.9 Å². The van der Waals surface area contributed by atoms with Crippen molar-refractivity contribution in [3.05, 3.63) is 65.0 Å². The minimum Gasteiger partial charge on any atom is -0.416 e. The fourth-order valence-corrected chi connectivity index (χ4v) is 6.89. The molecule has 1 aliphatic heterocycles. The molecule has 268 valence electrons. The smallest absolute Gasteiger partial charge is 0.292 e. The number of rotatable bonds is 11. The molecular formula is C35H43N9O6Si. The van der Waals surface area contributed by atoms with E-state index >= 15 is 0 Å². The van der Waals surface area contributed by atoms with E-state index in [-0.39, 0.29) is 58.1 Å². The Morgan fingerprint density at radius 2 is 1.80 bits per heavy atom. The number of nitrogens with zero attached hydrogens (tertiary/aromatic N) is 7. The molecule has 0 saturated carbocycles. The number of benzene rings is 2. The van der Waals surface area contributed by atoms with Gasteiger partial charge in [-0.15, -0.1) is 10.2 Å². The lowest BCUT2D eigenvalue weighted by molar-refractivity contribution is -0.383. The summed E-state index contributed by atoms with van der Waals surface area (Å²) < 4.78 is 21.1. The zero-order valence-corrected chi connectivity index (χ0v) is 31.0. The Morgan fingerprint density at radius 3 is 2.45 bits per heavy atom. The molecule has 1 aliphatic rings. The van der Waals surface area contributed by atoms with Gasteiger partial charge in [-0.3, -0.25) is 19.5 Å². The first kappa shape index (κ1) is 35.8. The van der Waals surface area contributed by atoms with Gasteiger partial charge in [0.05, 0.1) is 23.5 Å². The van der Waals surface area contributed by atoms with Crippen LogP contribution in [0.4, 0.5) is 23.1 Å². The van der Waals surface area contributed by atoms with Gasteiger partial charge >= 0.3 is 0 Å². The molecule has 1 unspecified atom stereocenters. The fourth-order valence-electron chi connectivity index (χ4n) is 5.53. The van der Waals surface area contributed by atoms with Gasteiger partial charge in [-0.05, 0) is 48.8 Å². The van der Waals surface area contributed by atoms with E-state index in [0.29, 0.717) is 29.0 Å². The van der Waals surface area contributed by atoms with Crippen molar-refractivity contribution in [2.75, 3.05) is 10.6 Å². The lowest BCUT2D eigenvalue weighted by Crippen LogP contribution is -2.45. The molecule has 0 aliphatic carbocycles. The molecule has 3 aromatic heterocycles. The van der Waals surface area contributed by atoms with Crippen molar-refractivity contribution < 1.29 is 23.3 Å². The third-order valence-electron chi connectivity index (χ3n) is 9.47. The number of hydrogen-bond acceptors (Lipinski definition) is 12. The van der Waals surface area contributed by atoms with E-state index in [1.54, 1.807) is 24.7 Å². The molecule has 0 radical (unpaired) electrons. The average molecular weight is 714 g/mol. The molecule has 1 amide bonds. The van der Waals surface area contributed by atoms with Crippen LogP contribution in [0.5, 0.6) is 0 Å². The minimum absolute atomic E-state index is 0.00169. The summed E-state index contributed by atoms with van der Waals surface area (Å²) in [6.45, 7) is 16.7. The molecule has 3 atom stereocenters. The van der Waals surface area contributed by atoms with Crippen LogP contribution >= 0.6 is 0 Å². The van der Waals surface area contributed by atoms with Crippen LogP contribution in [0.3, 0.4) is 0 Å². The summed E-state index contributed by atoms with van der Waals surface area (Å²) in [7, 11) is -2.10. The highest BCUT2D eigenvalue weighted by Crippen LogP contribution is 2.42. The van der Waals surface area contributed by atoms with Crippen molar-refractivity contribution in [2.24, 2.45) is 5.92 Å². The van der Waals surface area contributed by atoms with Crippen molar-refractivity contribution in [1.82, 2.24) is 29.7 Å². The van der Waals surface area contributed by atoms with E-state index in [9.17, 15) is 14.9 Å². The van der Waals surface area contributed by atoms with Crippen LogP contribution in [-0.4, -0.2) is 61.1 Å². The predicted octanol–water partition coefficient (Wildman–Crippen LogP) is 7.88. The molecule has 2 N–H and O–H groups in total. The lowest BCUT2D eigenvalue weighted by atomic mass is 10.1. The van der Waals surface area contributed by atoms with Crippen molar-refractivity contribution in [2.45, 2.75) is 91.0 Å². The van der Waals surface area contributed by atoms with Gasteiger partial charge in [0, 0.05) is 29.5 Å². The number of anilines is 3. The topological polar surface area (TPSA) is 185 Å². The Bertz CT molecular complexity index is 2060. The Balaban J connectivity index is 1.38. The molecule has 5 aromatic rings. The number of fused-ring (bicyclic) bond motifs is 1. The number of nitrogens with one attached hydrogen (secondary N) is 2. The summed E-state index contributed by atoms with van der Waals surface area (Å²) in [6.07, 6.45) is 2.21. The van der Waals surface area contributed by atoms with Crippen LogP contribution in [-0.2, 0) is 14.0 Å². The molecule has 6 rings (SSSR count). The minimum atomic E-state index is -2.10. The van der Waals surface area contributed by atoms with E-state index < -0.39 is 19.5 Å². The second-order valence-corrected chi connectivity index (χ2v) is 19.2. The first-order valence-electron chi connectivity index (χ1n) is 17.0. The van der Waals surface area contributed by atoms with Crippen molar-refractivity contribution in [3.63, 3.8) is 0 Å². The fraction of sp³-hybridized carbons (Fsp3) is 0.429. The number of amides is 1. The Labute approximate surface area is 296 Å². The number of hydrogen-bond donors (Lipinski definition) is 2. The summed E-state index contributed by atoms with van der Waals surface area (Å²) in [5, 5.41) is 26.4. The number of carbonyl (C=O) groups excluding carboxylic acids is 1. The third kappa shape index (κ3) is 7.38. The maximum atomic E-state index is 12.9. The van der Waals surface area contributed by atoms with Gasteiger partial charge in [-0.1, -0.05) is 59.7 Å². The molecule has 16 heteroatoms. The summed E-state index contributed by atoms with van der Waals surface area (Å²) in [5.74, 6) is 0.00521. The monoisotopic (exact) mass is 713 g/mol. The van der Waals surface area contributed by atoms with Gasteiger partial charge in [-0.2, -0.15) is 9.97 Å². The molecule has 0 spiro atoms. The van der Waals surface area contributed by atoms with Crippen LogP contribution < -0.4 is 10.6 Å². The number of imidazole rings is 1. The van der Waals surface area contributed by atoms with E-state index in [0.717, 1.165) is 12.0 Å². The Morgan fingerprint density at radius 1 is 1.10 bits per heavy atom. The van der Waals surface area contributed by atoms with Gasteiger partial charge in [0.2, 0.25) is 23.6 Å². The van der Waals surface area contributed by atoms with Crippen LogP contribution in [0, 0.1) is 16.0 Å². The highest BCUT2D eigenvalue weighted by molar-refractivity contribution is 6.74. The predicted molar refractivity (Wildman–Crippen MR) is 195 cm³/mol. The van der Waals surface area contributed by atoms with Gasteiger partial charge in [0.1, 0.15) is 11.9 Å². The van der Waals surface area contributed by atoms with Crippen molar-refractivity contribution >= 4 is 48.5 Å². The second kappa shape index (κ2) is 13.9. The summed E-state index contributed by atoms with van der Waals surface area (Å²) in [5.41, 5.74) is 1.75. The van der Waals surface area contributed by atoms with Crippen molar-refractivity contribution in [1.29, 1.82) is 0 Å². The molecule has 51 heavy (non-hydrogen) atoms. The first-order valence-corrected chi connectivity index (χ1v) is 19.9. The highest BCUT2D eigenvalue weighted by atomic mass is 28.4. The second-order valence-electron chi connectivity index (χ2n) is 14.4. The average Bonchev–Trinajstić information content (AvgIpc) is 3.83. The van der Waals surface area contributed by atoms with E-state index in [1.165, 1.54) is 18.2 Å². The van der Waals surface area contributed by atoms with Crippen LogP contribution in [0.2, 0.25) is 18.1 Å². The highest BCUT2D eigenvalue weighted by Gasteiger charge is 2.45. The summed E-state index contributed by atoms with van der Waals surface area (Å²) >= 11 is 0. The third-order valence-corrected chi connectivity index (χ3v) is 14.0. The van der Waals surface area contributed by atoms with E-state index in [2.05, 4.69) is 71.6 Å². The summed E-state index contributed by atoms with van der Waals surface area (Å²) in [4.78, 5) is 38.5. The number of ether oxygens (including phenoxy) is 1. The molecule has 1 saturated heterocycles. The van der Waals surface area contributed by atoms with Gasteiger partial charge in [0.15, 0.2) is 25.3 Å². The van der Waals surface area contributed by atoms with Gasteiger partial charge in [-0.25, -0.2) is 4.98 Å². The van der Waals surface area contributed by atoms with Crippen LogP contribution in [0.1, 0.15) is 60.6 Å². The van der Waals surface area contributed by atoms with Crippen LogP contribution in [0.15, 0.2) is 59.3 Å². The lowest BCUT2D eigenvalue weighted by Gasteiger charge is -2.39. The number of nitro benzene ring substituents is 1. The molecule has 15 nitrogen and oxygen atoms in total. The SMILES string of the molecule is CC[C@H]1O[C@@H](n2cnc3c(NC(=O)C(C)C)nc(Nc4cc(-c5nnc(-c6ccccc6)o5)ccc4[N+](=O)[O-])nc32)CC1O[Si](C)(C)C(C)(C)C. The molecule has 0 bridgehead atoms. The van der Waals surface area contributed by atoms with E-state index in [4.69, 9.17) is 18.6 Å². The molecular weight excluding hydrogens is 671 g/mol.